The Morgan fingerprint density at radius 1 is 0.938 bits per heavy atom. The molecule has 4 rings (SSSR count). The Hall–Kier alpha value is -3.80. The van der Waals surface area contributed by atoms with E-state index >= 15 is 0 Å². The van der Waals surface area contributed by atoms with Gasteiger partial charge in [-0.05, 0) is 28.8 Å². The van der Waals surface area contributed by atoms with Crippen molar-refractivity contribution in [3.05, 3.63) is 78.4 Å². The zero-order valence-electron chi connectivity index (χ0n) is 18.2. The molecule has 0 bridgehead atoms. The quantitative estimate of drug-likeness (QED) is 0.619. The predicted molar refractivity (Wildman–Crippen MR) is 124 cm³/mol. The van der Waals surface area contributed by atoms with Crippen molar-refractivity contribution >= 4 is 17.5 Å². The molecule has 164 valence electrons. The van der Waals surface area contributed by atoms with Crippen LogP contribution in [0.2, 0.25) is 0 Å². The Morgan fingerprint density at radius 3 is 2.31 bits per heavy atom. The van der Waals surface area contributed by atoms with Crippen LogP contribution in [0.15, 0.2) is 72.8 Å². The van der Waals surface area contributed by atoms with Crippen molar-refractivity contribution in [3.8, 4) is 22.6 Å². The van der Waals surface area contributed by atoms with Crippen molar-refractivity contribution in [2.24, 2.45) is 0 Å². The molecule has 0 spiro atoms. The van der Waals surface area contributed by atoms with E-state index in [-0.39, 0.29) is 30.7 Å². The minimum atomic E-state index is -0.230. The Bertz CT molecular complexity index is 1100. The maximum atomic E-state index is 12.6. The second kappa shape index (κ2) is 9.56. The van der Waals surface area contributed by atoms with Crippen LogP contribution in [0, 0.1) is 0 Å². The highest BCUT2D eigenvalue weighted by Crippen LogP contribution is 2.33. The number of amides is 2. The smallest absolute Gasteiger partial charge is 0.229 e. The first-order valence-corrected chi connectivity index (χ1v) is 10.5. The van der Waals surface area contributed by atoms with E-state index < -0.39 is 0 Å². The van der Waals surface area contributed by atoms with Gasteiger partial charge < -0.3 is 19.7 Å². The molecule has 3 aromatic rings. The fourth-order valence-electron chi connectivity index (χ4n) is 3.96. The van der Waals surface area contributed by atoms with Crippen LogP contribution < -0.4 is 19.7 Å². The maximum Gasteiger partial charge on any atom is 0.229 e. The number of carbonyl (C=O) groups is 2. The largest absolute Gasteiger partial charge is 0.493 e. The van der Waals surface area contributed by atoms with Crippen LogP contribution in [0.1, 0.15) is 12.0 Å². The lowest BCUT2D eigenvalue weighted by Gasteiger charge is -2.19. The van der Waals surface area contributed by atoms with Gasteiger partial charge in [0.25, 0.3) is 0 Å². The average molecular weight is 431 g/mol. The highest BCUT2D eigenvalue weighted by Gasteiger charge is 2.32. The summed E-state index contributed by atoms with van der Waals surface area (Å²) >= 11 is 0. The molecule has 1 aliphatic rings. The number of hydrogen-bond acceptors (Lipinski definition) is 4. The summed E-state index contributed by atoms with van der Waals surface area (Å²) in [5.41, 5.74) is 3.91. The zero-order chi connectivity index (χ0) is 22.5. The van der Waals surface area contributed by atoms with Crippen LogP contribution in [0.4, 0.5) is 5.69 Å². The minimum Gasteiger partial charge on any atom is -0.493 e. The first kappa shape index (κ1) is 21.4. The van der Waals surface area contributed by atoms with E-state index in [2.05, 4.69) is 17.4 Å². The summed E-state index contributed by atoms with van der Waals surface area (Å²) in [6.07, 6.45) is 0.545. The number of methoxy groups -OCH3 is 2. The summed E-state index contributed by atoms with van der Waals surface area (Å²) in [5, 5.41) is 3.00. The van der Waals surface area contributed by atoms with Gasteiger partial charge in [0.1, 0.15) is 0 Å². The fraction of sp³-hybridized carbons (Fsp3) is 0.231. The van der Waals surface area contributed by atoms with E-state index in [0.29, 0.717) is 18.0 Å². The van der Waals surface area contributed by atoms with Crippen LogP contribution in [0.25, 0.3) is 11.1 Å². The molecule has 1 atom stereocenters. The molecule has 0 aliphatic carbocycles. The summed E-state index contributed by atoms with van der Waals surface area (Å²) in [6.45, 7) is 0.424. The first-order valence-electron chi connectivity index (χ1n) is 10.5. The van der Waals surface area contributed by atoms with Gasteiger partial charge in [0.15, 0.2) is 11.5 Å². The normalized spacial score (nSPS) is 15.5. The van der Waals surface area contributed by atoms with Crippen molar-refractivity contribution in [2.75, 3.05) is 25.7 Å². The van der Waals surface area contributed by atoms with Gasteiger partial charge in [0.2, 0.25) is 11.8 Å². The second-order valence-corrected chi connectivity index (χ2v) is 7.75. The Kier molecular flexibility index (Phi) is 6.40. The van der Waals surface area contributed by atoms with Crippen molar-refractivity contribution in [1.29, 1.82) is 0 Å². The summed E-state index contributed by atoms with van der Waals surface area (Å²) < 4.78 is 10.6. The third-order valence-electron chi connectivity index (χ3n) is 5.59. The fourth-order valence-corrected chi connectivity index (χ4v) is 3.96. The molecule has 0 saturated carbocycles. The topological polar surface area (TPSA) is 67.9 Å². The van der Waals surface area contributed by atoms with Crippen molar-refractivity contribution in [3.63, 3.8) is 0 Å². The summed E-state index contributed by atoms with van der Waals surface area (Å²) in [6, 6.07) is 23.2. The van der Waals surface area contributed by atoms with Gasteiger partial charge in [-0.15, -0.1) is 0 Å². The summed E-state index contributed by atoms with van der Waals surface area (Å²) in [7, 11) is 3.13. The number of hydrogen-bond donors (Lipinski definition) is 1. The molecule has 1 aliphatic heterocycles. The summed E-state index contributed by atoms with van der Waals surface area (Å²) in [4.78, 5) is 26.8. The van der Waals surface area contributed by atoms with Crippen molar-refractivity contribution < 1.29 is 19.1 Å². The molecule has 1 fully saturated rings. The van der Waals surface area contributed by atoms with Crippen LogP contribution >= 0.6 is 0 Å². The van der Waals surface area contributed by atoms with Gasteiger partial charge in [-0.2, -0.15) is 0 Å². The lowest BCUT2D eigenvalue weighted by atomic mass is 10.0. The van der Waals surface area contributed by atoms with Crippen LogP contribution in [-0.4, -0.2) is 38.6 Å². The third kappa shape index (κ3) is 4.75. The van der Waals surface area contributed by atoms with E-state index in [1.165, 1.54) is 0 Å². The first-order chi connectivity index (χ1) is 15.6. The van der Waals surface area contributed by atoms with E-state index in [1.807, 2.05) is 48.5 Å². The number of ether oxygens (including phenoxy) is 2. The Balaban J connectivity index is 1.36. The molecule has 0 aromatic heterocycles. The lowest BCUT2D eigenvalue weighted by molar-refractivity contribution is -0.121. The molecule has 0 radical (unpaired) electrons. The average Bonchev–Trinajstić information content (AvgIpc) is 3.19. The second-order valence-electron chi connectivity index (χ2n) is 7.75. The molecule has 1 N–H and O–H groups in total. The number of nitrogens with zero attached hydrogens (tertiary/aromatic N) is 1. The maximum absolute atomic E-state index is 12.6. The molecule has 3 aromatic carbocycles. The number of carbonyl (C=O) groups excluding carboxylic acids is 2. The van der Waals surface area contributed by atoms with Crippen molar-refractivity contribution in [2.45, 2.75) is 18.9 Å². The molecule has 1 heterocycles. The van der Waals surface area contributed by atoms with Gasteiger partial charge in [-0.25, -0.2) is 0 Å². The SMILES string of the molecule is COc1ccc(N2CC(NC(=O)Cc3ccc(-c4ccccc4)cc3)CC2=O)cc1OC. The van der Waals surface area contributed by atoms with Gasteiger partial charge in [-0.1, -0.05) is 54.6 Å². The van der Waals surface area contributed by atoms with Crippen LogP contribution in [0.3, 0.4) is 0 Å². The molecule has 6 heteroatoms. The number of nitrogens with one attached hydrogen (secondary N) is 1. The molecule has 1 unspecified atom stereocenters. The Morgan fingerprint density at radius 2 is 1.62 bits per heavy atom. The molecule has 2 amide bonds. The zero-order valence-corrected chi connectivity index (χ0v) is 18.2. The van der Waals surface area contributed by atoms with E-state index in [1.54, 1.807) is 31.3 Å². The molecule has 1 saturated heterocycles. The van der Waals surface area contributed by atoms with Gasteiger partial charge >= 0.3 is 0 Å². The summed E-state index contributed by atoms with van der Waals surface area (Å²) in [5.74, 6) is 1.04. The molecule has 6 nitrogen and oxygen atoms in total. The number of benzene rings is 3. The van der Waals surface area contributed by atoms with E-state index in [0.717, 1.165) is 22.4 Å². The van der Waals surface area contributed by atoms with Gasteiger partial charge in [-0.3, -0.25) is 9.59 Å². The lowest BCUT2D eigenvalue weighted by Crippen LogP contribution is -2.38. The number of rotatable bonds is 7. The number of anilines is 1. The molecule has 32 heavy (non-hydrogen) atoms. The molecular formula is C26H26N2O4. The van der Waals surface area contributed by atoms with Gasteiger partial charge in [0, 0.05) is 24.7 Å². The Labute approximate surface area is 187 Å². The van der Waals surface area contributed by atoms with E-state index in [9.17, 15) is 9.59 Å². The van der Waals surface area contributed by atoms with Crippen molar-refractivity contribution in [1.82, 2.24) is 5.32 Å². The van der Waals surface area contributed by atoms with E-state index in [4.69, 9.17) is 9.47 Å². The van der Waals surface area contributed by atoms with Crippen LogP contribution in [-0.2, 0) is 16.0 Å². The standard InChI is InChI=1S/C26H26N2O4/c1-31-23-13-12-22(16-24(23)32-2)28-17-21(15-26(28)30)27-25(29)14-18-8-10-20(11-9-18)19-6-4-3-5-7-19/h3-13,16,21H,14-15,17H2,1-2H3,(H,27,29). The third-order valence-corrected chi connectivity index (χ3v) is 5.59. The monoisotopic (exact) mass is 430 g/mol. The minimum absolute atomic E-state index is 0.0327. The predicted octanol–water partition coefficient (Wildman–Crippen LogP) is 3.84. The highest BCUT2D eigenvalue weighted by molar-refractivity contribution is 5.97. The van der Waals surface area contributed by atoms with Gasteiger partial charge in [0.05, 0.1) is 26.7 Å². The molecular weight excluding hydrogens is 404 g/mol. The van der Waals surface area contributed by atoms with Crippen LogP contribution in [0.5, 0.6) is 11.5 Å². The highest BCUT2D eigenvalue weighted by atomic mass is 16.5.